The van der Waals surface area contributed by atoms with E-state index in [0.717, 1.165) is 16.0 Å². The second-order valence-corrected chi connectivity index (χ2v) is 7.93. The molecule has 0 aromatic heterocycles. The molecule has 0 fully saturated rings. The first-order chi connectivity index (χ1) is 16.9. The SMILES string of the molecule is O=C1/C(=C\c2c(OCc3ccccc3)ccc3ccccc23)C(C(F)(F)F)=NN1c1ccccc1. The first kappa shape index (κ1) is 22.4. The summed E-state index contributed by atoms with van der Waals surface area (Å²) in [6, 6.07) is 28.3. The number of rotatable bonds is 5. The molecular weight excluding hydrogens is 453 g/mol. The lowest BCUT2D eigenvalue weighted by Crippen LogP contribution is -2.25. The number of anilines is 1. The summed E-state index contributed by atoms with van der Waals surface area (Å²) in [7, 11) is 0. The number of halogens is 3. The number of hydrogen-bond acceptors (Lipinski definition) is 3. The molecule has 0 bridgehead atoms. The summed E-state index contributed by atoms with van der Waals surface area (Å²) < 4.78 is 48.0. The van der Waals surface area contributed by atoms with Crippen molar-refractivity contribution in [2.24, 2.45) is 5.10 Å². The van der Waals surface area contributed by atoms with E-state index in [0.29, 0.717) is 16.7 Å². The third kappa shape index (κ3) is 4.53. The molecular formula is C28H19F3N2O2. The number of hydrogen-bond donors (Lipinski definition) is 0. The van der Waals surface area contributed by atoms with E-state index in [2.05, 4.69) is 5.10 Å². The number of hydrazone groups is 1. The highest BCUT2D eigenvalue weighted by Crippen LogP contribution is 2.36. The average Bonchev–Trinajstić information content (AvgIpc) is 3.21. The maximum Gasteiger partial charge on any atom is 0.435 e. The largest absolute Gasteiger partial charge is 0.488 e. The molecule has 1 aliphatic heterocycles. The molecule has 0 N–H and O–H groups in total. The molecule has 0 radical (unpaired) electrons. The lowest BCUT2D eigenvalue weighted by molar-refractivity contribution is -0.114. The quantitative estimate of drug-likeness (QED) is 0.301. The molecule has 0 atom stereocenters. The van der Waals surface area contributed by atoms with E-state index < -0.39 is 23.4 Å². The molecule has 1 amide bonds. The number of alkyl halides is 3. The van der Waals surface area contributed by atoms with Crippen molar-refractivity contribution >= 4 is 34.2 Å². The third-order valence-electron chi connectivity index (χ3n) is 5.60. The highest BCUT2D eigenvalue weighted by Gasteiger charge is 2.47. The van der Waals surface area contributed by atoms with Crippen LogP contribution in [0, 0.1) is 0 Å². The lowest BCUT2D eigenvalue weighted by atomic mass is 9.99. The van der Waals surface area contributed by atoms with E-state index >= 15 is 0 Å². The summed E-state index contributed by atoms with van der Waals surface area (Å²) in [4.78, 5) is 13.2. The molecule has 0 saturated carbocycles. The van der Waals surface area contributed by atoms with E-state index in [-0.39, 0.29) is 12.3 Å². The van der Waals surface area contributed by atoms with Gasteiger partial charge in [0, 0.05) is 5.56 Å². The predicted molar refractivity (Wildman–Crippen MR) is 130 cm³/mol. The summed E-state index contributed by atoms with van der Waals surface area (Å²) in [6.45, 7) is 0.222. The van der Waals surface area contributed by atoms with Gasteiger partial charge >= 0.3 is 6.18 Å². The van der Waals surface area contributed by atoms with Crippen LogP contribution in [0.4, 0.5) is 18.9 Å². The Kier molecular flexibility index (Phi) is 5.82. The molecule has 0 spiro atoms. The van der Waals surface area contributed by atoms with Gasteiger partial charge in [0.1, 0.15) is 12.4 Å². The van der Waals surface area contributed by atoms with Crippen molar-refractivity contribution < 1.29 is 22.7 Å². The Hall–Kier alpha value is -4.39. The maximum atomic E-state index is 14.0. The van der Waals surface area contributed by atoms with Gasteiger partial charge in [-0.3, -0.25) is 4.79 Å². The smallest absolute Gasteiger partial charge is 0.435 e. The molecule has 4 aromatic rings. The second-order valence-electron chi connectivity index (χ2n) is 7.93. The van der Waals surface area contributed by atoms with Crippen molar-refractivity contribution in [3.8, 4) is 5.75 Å². The van der Waals surface area contributed by atoms with Crippen molar-refractivity contribution in [1.29, 1.82) is 0 Å². The van der Waals surface area contributed by atoms with Crippen molar-refractivity contribution in [2.75, 3.05) is 5.01 Å². The van der Waals surface area contributed by atoms with E-state index in [1.54, 1.807) is 36.4 Å². The Morgan fingerprint density at radius 3 is 2.20 bits per heavy atom. The Balaban J connectivity index is 1.63. The van der Waals surface area contributed by atoms with Gasteiger partial charge in [-0.25, -0.2) is 0 Å². The fourth-order valence-electron chi connectivity index (χ4n) is 3.93. The molecule has 0 aliphatic carbocycles. The van der Waals surface area contributed by atoms with Crippen LogP contribution in [0.15, 0.2) is 108 Å². The fraction of sp³-hybridized carbons (Fsp3) is 0.0714. The number of carbonyl (C=O) groups is 1. The fourth-order valence-corrected chi connectivity index (χ4v) is 3.93. The number of ether oxygens (including phenoxy) is 1. The van der Waals surface area contributed by atoms with Gasteiger partial charge < -0.3 is 4.74 Å². The molecule has 1 aliphatic rings. The minimum Gasteiger partial charge on any atom is -0.488 e. The average molecular weight is 472 g/mol. The van der Waals surface area contributed by atoms with Crippen LogP contribution < -0.4 is 9.75 Å². The van der Waals surface area contributed by atoms with Crippen molar-refractivity contribution in [2.45, 2.75) is 12.8 Å². The first-order valence-electron chi connectivity index (χ1n) is 10.9. The van der Waals surface area contributed by atoms with Crippen LogP contribution >= 0.6 is 0 Å². The van der Waals surface area contributed by atoms with Crippen LogP contribution in [-0.2, 0) is 11.4 Å². The van der Waals surface area contributed by atoms with Gasteiger partial charge in [0.2, 0.25) is 0 Å². The van der Waals surface area contributed by atoms with E-state index in [1.807, 2.05) is 48.5 Å². The van der Waals surface area contributed by atoms with Gasteiger partial charge in [0.25, 0.3) is 5.91 Å². The number of fused-ring (bicyclic) bond motifs is 1. The third-order valence-corrected chi connectivity index (χ3v) is 5.60. The normalized spacial score (nSPS) is 15.1. The topological polar surface area (TPSA) is 41.9 Å². The molecule has 0 unspecified atom stereocenters. The van der Waals surface area contributed by atoms with Crippen molar-refractivity contribution in [3.63, 3.8) is 0 Å². The first-order valence-corrected chi connectivity index (χ1v) is 10.9. The van der Waals surface area contributed by atoms with Crippen LogP contribution in [0.25, 0.3) is 16.8 Å². The van der Waals surface area contributed by atoms with Gasteiger partial charge in [-0.1, -0.05) is 78.9 Å². The summed E-state index contributed by atoms with van der Waals surface area (Å²) in [6.07, 6.45) is -3.58. The van der Waals surface area contributed by atoms with Crippen LogP contribution in [0.1, 0.15) is 11.1 Å². The van der Waals surface area contributed by atoms with Crippen LogP contribution in [-0.4, -0.2) is 17.8 Å². The number of benzene rings is 4. The second kappa shape index (κ2) is 9.10. The van der Waals surface area contributed by atoms with Gasteiger partial charge in [-0.2, -0.15) is 23.3 Å². The Labute approximate surface area is 199 Å². The van der Waals surface area contributed by atoms with Gasteiger partial charge in [-0.05, 0) is 40.6 Å². The van der Waals surface area contributed by atoms with E-state index in [1.165, 1.54) is 18.2 Å². The number of amides is 1. The predicted octanol–water partition coefficient (Wildman–Crippen LogP) is 6.77. The van der Waals surface area contributed by atoms with Crippen LogP contribution in [0.2, 0.25) is 0 Å². The Morgan fingerprint density at radius 1 is 0.829 bits per heavy atom. The zero-order chi connectivity index (χ0) is 24.4. The number of carbonyl (C=O) groups excluding carboxylic acids is 1. The molecule has 174 valence electrons. The van der Waals surface area contributed by atoms with E-state index in [9.17, 15) is 18.0 Å². The molecule has 1 heterocycles. The molecule has 4 nitrogen and oxygen atoms in total. The van der Waals surface area contributed by atoms with Crippen LogP contribution in [0.3, 0.4) is 0 Å². The van der Waals surface area contributed by atoms with Gasteiger partial charge in [-0.15, -0.1) is 0 Å². The van der Waals surface area contributed by atoms with Gasteiger partial charge in [0.15, 0.2) is 5.71 Å². The monoisotopic (exact) mass is 472 g/mol. The molecule has 5 rings (SSSR count). The zero-order valence-electron chi connectivity index (χ0n) is 18.4. The van der Waals surface area contributed by atoms with Gasteiger partial charge in [0.05, 0.1) is 11.3 Å². The molecule has 7 heteroatoms. The van der Waals surface area contributed by atoms with E-state index in [4.69, 9.17) is 4.74 Å². The summed E-state index contributed by atoms with van der Waals surface area (Å²) >= 11 is 0. The van der Waals surface area contributed by atoms with Crippen molar-refractivity contribution in [3.05, 3.63) is 114 Å². The minimum absolute atomic E-state index is 0.222. The summed E-state index contributed by atoms with van der Waals surface area (Å²) in [5, 5.41) is 5.91. The Morgan fingerprint density at radius 2 is 1.49 bits per heavy atom. The lowest BCUT2D eigenvalue weighted by Gasteiger charge is -2.14. The minimum atomic E-state index is -4.82. The number of nitrogens with zero attached hydrogens (tertiary/aromatic N) is 2. The summed E-state index contributed by atoms with van der Waals surface area (Å²) in [5.41, 5.74) is -0.241. The number of para-hydroxylation sites is 1. The molecule has 0 saturated heterocycles. The maximum absolute atomic E-state index is 14.0. The van der Waals surface area contributed by atoms with Crippen LogP contribution in [0.5, 0.6) is 5.75 Å². The molecule has 35 heavy (non-hydrogen) atoms. The summed E-state index contributed by atoms with van der Waals surface area (Å²) in [5.74, 6) is -0.488. The zero-order valence-corrected chi connectivity index (χ0v) is 18.4. The molecule has 4 aromatic carbocycles. The highest BCUT2D eigenvalue weighted by atomic mass is 19.4. The standard InChI is InChI=1S/C28H19F3N2O2/c29-28(30,31)26-24(27(34)33(32-26)21-12-5-2-6-13-21)17-23-22-14-8-7-11-20(22)15-16-25(23)35-18-19-9-3-1-4-10-19/h1-17H,18H2/b24-17-. The van der Waals surface area contributed by atoms with Crippen molar-refractivity contribution in [1.82, 2.24) is 0 Å². The Bertz CT molecular complexity index is 1450. The highest BCUT2D eigenvalue weighted by molar-refractivity contribution is 6.34.